The van der Waals surface area contributed by atoms with Gasteiger partial charge in [-0.2, -0.15) is 0 Å². The Hall–Kier alpha value is -2.27. The first kappa shape index (κ1) is 15.1. The van der Waals surface area contributed by atoms with Gasteiger partial charge in [-0.15, -0.1) is 0 Å². The van der Waals surface area contributed by atoms with Crippen LogP contribution in [0.3, 0.4) is 0 Å². The van der Waals surface area contributed by atoms with E-state index in [1.807, 2.05) is 0 Å². The molecule has 0 unspecified atom stereocenters. The molecule has 0 heterocycles. The highest BCUT2D eigenvalue weighted by Gasteiger charge is 2.11. The lowest BCUT2D eigenvalue weighted by atomic mass is 10.1. The topological polar surface area (TPSA) is 58.4 Å². The molecule has 2 aromatic carbocycles. The fraction of sp³-hybridized carbons (Fsp3) is 0.133. The van der Waals surface area contributed by atoms with Crippen LogP contribution in [0.5, 0.6) is 0 Å². The highest BCUT2D eigenvalue weighted by Crippen LogP contribution is 2.27. The van der Waals surface area contributed by atoms with Crippen LogP contribution in [0.1, 0.15) is 10.4 Å². The van der Waals surface area contributed by atoms with Crippen LogP contribution in [0, 0.1) is 5.82 Å². The minimum absolute atomic E-state index is 0.0464. The lowest BCUT2D eigenvalue weighted by Crippen LogP contribution is -2.21. The standard InChI is InChI=1S/C15H15ClFN3O/c1-20(2)15(21)9-3-6-13(18)14(7-9)19-10-4-5-11(16)12(17)8-10/h3-8,19H,18H2,1-2H3. The average molecular weight is 308 g/mol. The van der Waals surface area contributed by atoms with Crippen molar-refractivity contribution in [2.24, 2.45) is 0 Å². The normalized spacial score (nSPS) is 10.3. The Bertz CT molecular complexity index is 689. The summed E-state index contributed by atoms with van der Waals surface area (Å²) in [4.78, 5) is 13.4. The van der Waals surface area contributed by atoms with Crippen molar-refractivity contribution in [2.45, 2.75) is 0 Å². The maximum atomic E-state index is 13.4. The van der Waals surface area contributed by atoms with Crippen LogP contribution in [0.25, 0.3) is 0 Å². The number of carbonyl (C=O) groups excluding carboxylic acids is 1. The fourth-order valence-corrected chi connectivity index (χ4v) is 1.90. The van der Waals surface area contributed by atoms with Gasteiger partial charge in [0.15, 0.2) is 0 Å². The zero-order valence-corrected chi connectivity index (χ0v) is 12.4. The first-order valence-corrected chi connectivity index (χ1v) is 6.59. The molecule has 3 N–H and O–H groups in total. The zero-order valence-electron chi connectivity index (χ0n) is 11.7. The van der Waals surface area contributed by atoms with Crippen LogP contribution >= 0.6 is 11.6 Å². The number of nitrogens with two attached hydrogens (primary N) is 1. The number of nitrogens with one attached hydrogen (secondary N) is 1. The molecule has 2 rings (SSSR count). The molecule has 0 fully saturated rings. The Balaban J connectivity index is 2.32. The maximum absolute atomic E-state index is 13.4. The quantitative estimate of drug-likeness (QED) is 0.853. The van der Waals surface area contributed by atoms with Crippen LogP contribution in [0.15, 0.2) is 36.4 Å². The summed E-state index contributed by atoms with van der Waals surface area (Å²) in [5.74, 6) is -0.666. The zero-order chi connectivity index (χ0) is 15.6. The van der Waals surface area contributed by atoms with E-state index in [4.69, 9.17) is 17.3 Å². The lowest BCUT2D eigenvalue weighted by molar-refractivity contribution is 0.0827. The lowest BCUT2D eigenvalue weighted by Gasteiger charge is -2.14. The summed E-state index contributed by atoms with van der Waals surface area (Å²) >= 11 is 5.64. The summed E-state index contributed by atoms with van der Waals surface area (Å²) in [6.07, 6.45) is 0. The highest BCUT2D eigenvalue weighted by molar-refractivity contribution is 6.30. The van der Waals surface area contributed by atoms with E-state index in [2.05, 4.69) is 5.32 Å². The monoisotopic (exact) mass is 307 g/mol. The largest absolute Gasteiger partial charge is 0.397 e. The first-order valence-electron chi connectivity index (χ1n) is 6.21. The van der Waals surface area contributed by atoms with E-state index in [1.54, 1.807) is 38.4 Å². The number of anilines is 3. The first-order chi connectivity index (χ1) is 9.88. The molecule has 0 radical (unpaired) electrons. The van der Waals surface area contributed by atoms with Crippen molar-refractivity contribution in [3.8, 4) is 0 Å². The molecule has 0 bridgehead atoms. The van der Waals surface area contributed by atoms with Crippen molar-refractivity contribution in [3.05, 3.63) is 52.8 Å². The van der Waals surface area contributed by atoms with Crippen molar-refractivity contribution in [2.75, 3.05) is 25.1 Å². The van der Waals surface area contributed by atoms with Crippen LogP contribution in [0.2, 0.25) is 5.02 Å². The van der Waals surface area contributed by atoms with Gasteiger partial charge in [-0.25, -0.2) is 4.39 Å². The second kappa shape index (κ2) is 6.01. The minimum atomic E-state index is -0.527. The summed E-state index contributed by atoms with van der Waals surface area (Å²) in [5.41, 5.74) is 7.86. The number of hydrogen-bond donors (Lipinski definition) is 2. The van der Waals surface area contributed by atoms with Gasteiger partial charge < -0.3 is 16.0 Å². The van der Waals surface area contributed by atoms with E-state index in [0.717, 1.165) is 0 Å². The van der Waals surface area contributed by atoms with E-state index < -0.39 is 5.82 Å². The highest BCUT2D eigenvalue weighted by atomic mass is 35.5. The molecule has 4 nitrogen and oxygen atoms in total. The minimum Gasteiger partial charge on any atom is -0.397 e. The van der Waals surface area contributed by atoms with Crippen LogP contribution in [-0.4, -0.2) is 24.9 Å². The van der Waals surface area contributed by atoms with E-state index in [9.17, 15) is 9.18 Å². The molecular formula is C15H15ClFN3O. The Labute approximate surface area is 127 Å². The Morgan fingerprint density at radius 1 is 1.24 bits per heavy atom. The third kappa shape index (κ3) is 3.44. The molecule has 110 valence electrons. The summed E-state index contributed by atoms with van der Waals surface area (Å²) in [6, 6.07) is 9.25. The SMILES string of the molecule is CN(C)C(=O)c1ccc(N)c(Nc2ccc(Cl)c(F)c2)c1. The fourth-order valence-electron chi connectivity index (χ4n) is 1.79. The van der Waals surface area contributed by atoms with Gasteiger partial charge in [0.05, 0.1) is 16.4 Å². The number of carbonyl (C=O) groups is 1. The predicted octanol–water partition coefficient (Wildman–Crippen LogP) is 3.51. The van der Waals surface area contributed by atoms with Crippen molar-refractivity contribution in [1.82, 2.24) is 4.90 Å². The third-order valence-corrected chi connectivity index (χ3v) is 3.21. The van der Waals surface area contributed by atoms with Gasteiger partial charge in [-0.1, -0.05) is 11.6 Å². The van der Waals surface area contributed by atoms with Crippen LogP contribution in [0.4, 0.5) is 21.5 Å². The summed E-state index contributed by atoms with van der Waals surface area (Å²) in [5, 5.41) is 3.03. The Morgan fingerprint density at radius 3 is 2.57 bits per heavy atom. The summed E-state index contributed by atoms with van der Waals surface area (Å²) in [6.45, 7) is 0. The molecule has 1 amide bonds. The van der Waals surface area contributed by atoms with E-state index in [0.29, 0.717) is 22.6 Å². The van der Waals surface area contributed by atoms with Gasteiger partial charge in [0.25, 0.3) is 5.91 Å². The molecule has 0 saturated carbocycles. The summed E-state index contributed by atoms with van der Waals surface area (Å²) < 4.78 is 13.4. The number of nitrogens with zero attached hydrogens (tertiary/aromatic N) is 1. The molecule has 0 atom stereocenters. The Kier molecular flexibility index (Phi) is 4.33. The van der Waals surface area contributed by atoms with Gasteiger partial charge in [0.2, 0.25) is 0 Å². The van der Waals surface area contributed by atoms with Crippen molar-refractivity contribution < 1.29 is 9.18 Å². The molecule has 0 aliphatic heterocycles. The second-order valence-corrected chi connectivity index (χ2v) is 5.16. The molecule has 2 aromatic rings. The van der Waals surface area contributed by atoms with Gasteiger partial charge >= 0.3 is 0 Å². The molecular weight excluding hydrogens is 293 g/mol. The molecule has 0 aromatic heterocycles. The number of nitrogen functional groups attached to an aromatic ring is 1. The van der Waals surface area contributed by atoms with Crippen molar-refractivity contribution in [3.63, 3.8) is 0 Å². The van der Waals surface area contributed by atoms with Gasteiger partial charge in [0, 0.05) is 25.3 Å². The van der Waals surface area contributed by atoms with Crippen molar-refractivity contribution >= 4 is 34.6 Å². The van der Waals surface area contributed by atoms with E-state index in [1.165, 1.54) is 17.0 Å². The molecule has 6 heteroatoms. The second-order valence-electron chi connectivity index (χ2n) is 4.76. The van der Waals surface area contributed by atoms with Gasteiger partial charge in [0.1, 0.15) is 5.82 Å². The number of rotatable bonds is 3. The maximum Gasteiger partial charge on any atom is 0.253 e. The van der Waals surface area contributed by atoms with Crippen LogP contribution < -0.4 is 11.1 Å². The number of amides is 1. The molecule has 0 saturated heterocycles. The van der Waals surface area contributed by atoms with E-state index >= 15 is 0 Å². The number of hydrogen-bond acceptors (Lipinski definition) is 3. The number of halogens is 2. The van der Waals surface area contributed by atoms with Crippen molar-refractivity contribution in [1.29, 1.82) is 0 Å². The van der Waals surface area contributed by atoms with E-state index in [-0.39, 0.29) is 10.9 Å². The Morgan fingerprint density at radius 2 is 1.95 bits per heavy atom. The smallest absolute Gasteiger partial charge is 0.253 e. The molecule has 0 aliphatic rings. The average Bonchev–Trinajstić information content (AvgIpc) is 2.44. The summed E-state index contributed by atoms with van der Waals surface area (Å²) in [7, 11) is 3.33. The van der Waals surface area contributed by atoms with Gasteiger partial charge in [-0.05, 0) is 36.4 Å². The number of benzene rings is 2. The molecule has 0 aliphatic carbocycles. The van der Waals surface area contributed by atoms with Gasteiger partial charge in [-0.3, -0.25) is 4.79 Å². The third-order valence-electron chi connectivity index (χ3n) is 2.91. The predicted molar refractivity (Wildman–Crippen MR) is 83.6 cm³/mol. The molecule has 21 heavy (non-hydrogen) atoms. The molecule has 0 spiro atoms. The van der Waals surface area contributed by atoms with Crippen LogP contribution in [-0.2, 0) is 0 Å².